The van der Waals surface area contributed by atoms with Crippen LogP contribution in [0.4, 0.5) is 0 Å². The number of thiocarbonyl (C=S) groups is 1. The second kappa shape index (κ2) is 8.09. The molecule has 8 heteroatoms. The lowest BCUT2D eigenvalue weighted by atomic mass is 10.1. The molecule has 6 nitrogen and oxygen atoms in total. The number of amides is 1. The van der Waals surface area contributed by atoms with Gasteiger partial charge in [0.15, 0.2) is 0 Å². The summed E-state index contributed by atoms with van der Waals surface area (Å²) in [5.41, 5.74) is 1.76. The van der Waals surface area contributed by atoms with Crippen LogP contribution in [0.15, 0.2) is 40.8 Å². The molecule has 1 aliphatic rings. The number of methoxy groups -OCH3 is 1. The lowest BCUT2D eigenvalue weighted by Crippen LogP contribution is -2.28. The number of thioether (sulfide) groups is 1. The molecule has 0 bridgehead atoms. The average molecular weight is 365 g/mol. The van der Waals surface area contributed by atoms with E-state index in [1.54, 1.807) is 30.3 Å². The molecule has 2 N–H and O–H groups in total. The number of rotatable bonds is 6. The summed E-state index contributed by atoms with van der Waals surface area (Å²) >= 11 is 6.17. The summed E-state index contributed by atoms with van der Waals surface area (Å²) in [6.07, 6.45) is 2.30. The van der Waals surface area contributed by atoms with E-state index in [1.165, 1.54) is 18.9 Å². The SMILES string of the molecule is COC(Oc1ccc(C=C(C)C=C2SC(=S)NC2=O)cc1)C(=O)O. The lowest BCUT2D eigenvalue weighted by Gasteiger charge is -2.12. The highest BCUT2D eigenvalue weighted by Crippen LogP contribution is 2.25. The fraction of sp³-hybridized carbons (Fsp3) is 0.188. The molecule has 1 atom stereocenters. The van der Waals surface area contributed by atoms with Crippen LogP contribution < -0.4 is 10.1 Å². The first-order valence-corrected chi connectivity index (χ1v) is 8.07. The number of hydrogen-bond acceptors (Lipinski definition) is 6. The molecule has 1 aliphatic heterocycles. The summed E-state index contributed by atoms with van der Waals surface area (Å²) < 4.78 is 10.4. The molecule has 0 aromatic heterocycles. The normalized spacial score (nSPS) is 17.8. The van der Waals surface area contributed by atoms with Crippen LogP contribution in [0.25, 0.3) is 6.08 Å². The summed E-state index contributed by atoms with van der Waals surface area (Å²) in [4.78, 5) is 23.0. The largest absolute Gasteiger partial charge is 0.477 e. The van der Waals surface area contributed by atoms with E-state index < -0.39 is 12.3 Å². The van der Waals surface area contributed by atoms with Gasteiger partial charge in [0.2, 0.25) is 0 Å². The Morgan fingerprint density at radius 3 is 2.54 bits per heavy atom. The van der Waals surface area contributed by atoms with Crippen LogP contribution in [0.2, 0.25) is 0 Å². The van der Waals surface area contributed by atoms with E-state index >= 15 is 0 Å². The Kier molecular flexibility index (Phi) is 6.13. The van der Waals surface area contributed by atoms with Gasteiger partial charge in [-0.15, -0.1) is 0 Å². The van der Waals surface area contributed by atoms with Gasteiger partial charge in [0.25, 0.3) is 12.2 Å². The fourth-order valence-electron chi connectivity index (χ4n) is 1.90. The summed E-state index contributed by atoms with van der Waals surface area (Å²) in [6, 6.07) is 6.84. The van der Waals surface area contributed by atoms with E-state index in [1.807, 2.05) is 13.0 Å². The standard InChI is InChI=1S/C16H15NO5S2/c1-9(8-12-13(18)17-16(23)24-12)7-10-3-5-11(6-4-10)22-15(21-2)14(19)20/h3-8,15H,1-2H3,(H,19,20)(H,17,18,23). The van der Waals surface area contributed by atoms with Crippen molar-refractivity contribution in [3.05, 3.63) is 46.4 Å². The van der Waals surface area contributed by atoms with Gasteiger partial charge in [0.1, 0.15) is 10.1 Å². The summed E-state index contributed by atoms with van der Waals surface area (Å²) in [6.45, 7) is 1.87. The van der Waals surface area contributed by atoms with Gasteiger partial charge in [-0.05, 0) is 36.3 Å². The van der Waals surface area contributed by atoms with Crippen molar-refractivity contribution in [2.24, 2.45) is 0 Å². The highest BCUT2D eigenvalue weighted by Gasteiger charge is 2.21. The predicted octanol–water partition coefficient (Wildman–Crippen LogP) is 2.56. The molecule has 0 spiro atoms. The summed E-state index contributed by atoms with van der Waals surface area (Å²) in [5.74, 6) is -1.01. The van der Waals surface area contributed by atoms with E-state index in [0.717, 1.165) is 11.1 Å². The van der Waals surface area contributed by atoms with Gasteiger partial charge in [-0.1, -0.05) is 42.2 Å². The lowest BCUT2D eigenvalue weighted by molar-refractivity contribution is -0.166. The van der Waals surface area contributed by atoms with Crippen LogP contribution in [0.1, 0.15) is 12.5 Å². The van der Waals surface area contributed by atoms with Gasteiger partial charge < -0.3 is 19.9 Å². The molecule has 2 rings (SSSR count). The van der Waals surface area contributed by atoms with Gasteiger partial charge in [-0.2, -0.15) is 0 Å². The quantitative estimate of drug-likeness (QED) is 0.455. The minimum atomic E-state index is -1.35. The third kappa shape index (κ3) is 4.92. The monoisotopic (exact) mass is 365 g/mol. The van der Waals surface area contributed by atoms with Crippen LogP contribution in [0.3, 0.4) is 0 Å². The summed E-state index contributed by atoms with van der Waals surface area (Å²) in [7, 11) is 1.26. The van der Waals surface area contributed by atoms with Crippen LogP contribution in [0, 0.1) is 0 Å². The first-order valence-electron chi connectivity index (χ1n) is 6.84. The number of carbonyl (C=O) groups excluding carboxylic acids is 1. The molecule has 0 aliphatic carbocycles. The van der Waals surface area contributed by atoms with Gasteiger partial charge in [-0.25, -0.2) is 4.79 Å². The zero-order valence-corrected chi connectivity index (χ0v) is 14.6. The molecular formula is C16H15NO5S2. The number of benzene rings is 1. The molecule has 24 heavy (non-hydrogen) atoms. The molecule has 1 fully saturated rings. The van der Waals surface area contributed by atoms with Crippen molar-refractivity contribution in [3.8, 4) is 5.75 Å². The molecular weight excluding hydrogens is 350 g/mol. The zero-order valence-electron chi connectivity index (χ0n) is 12.9. The minimum Gasteiger partial charge on any atom is -0.477 e. The van der Waals surface area contributed by atoms with Crippen LogP contribution in [-0.2, 0) is 14.3 Å². The molecule has 1 aromatic carbocycles. The number of carboxylic acids is 1. The predicted molar refractivity (Wildman–Crippen MR) is 95.6 cm³/mol. The van der Waals surface area contributed by atoms with E-state index in [2.05, 4.69) is 5.32 Å². The number of ether oxygens (including phenoxy) is 2. The van der Waals surface area contributed by atoms with Crippen molar-refractivity contribution >= 4 is 46.3 Å². The fourth-order valence-corrected chi connectivity index (χ4v) is 2.99. The maximum atomic E-state index is 11.6. The molecule has 1 amide bonds. The van der Waals surface area contributed by atoms with Crippen molar-refractivity contribution < 1.29 is 24.2 Å². The molecule has 126 valence electrons. The van der Waals surface area contributed by atoms with Crippen molar-refractivity contribution in [2.45, 2.75) is 13.2 Å². The van der Waals surface area contributed by atoms with Gasteiger partial charge in [-0.3, -0.25) is 4.79 Å². The number of allylic oxidation sites excluding steroid dienone is 2. The number of hydrogen-bond donors (Lipinski definition) is 2. The van der Waals surface area contributed by atoms with Gasteiger partial charge >= 0.3 is 5.97 Å². The molecule has 1 unspecified atom stereocenters. The van der Waals surface area contributed by atoms with Gasteiger partial charge in [0.05, 0.1) is 4.91 Å². The van der Waals surface area contributed by atoms with Crippen LogP contribution in [0.5, 0.6) is 5.75 Å². The van der Waals surface area contributed by atoms with E-state index in [0.29, 0.717) is 15.0 Å². The number of carbonyl (C=O) groups is 2. The van der Waals surface area contributed by atoms with Crippen LogP contribution >= 0.6 is 24.0 Å². The first-order chi connectivity index (χ1) is 11.4. The Labute approximate surface area is 148 Å². The molecule has 1 aromatic rings. The first kappa shape index (κ1) is 18.2. The number of carboxylic acid groups (broad SMARTS) is 1. The average Bonchev–Trinajstić information content (AvgIpc) is 2.83. The van der Waals surface area contributed by atoms with Crippen molar-refractivity contribution in [2.75, 3.05) is 7.11 Å². The van der Waals surface area contributed by atoms with E-state index in [4.69, 9.17) is 26.8 Å². The topological polar surface area (TPSA) is 84.9 Å². The molecule has 1 saturated heterocycles. The Morgan fingerprint density at radius 2 is 2.04 bits per heavy atom. The van der Waals surface area contributed by atoms with Crippen molar-refractivity contribution in [1.82, 2.24) is 5.32 Å². The molecule has 0 radical (unpaired) electrons. The van der Waals surface area contributed by atoms with E-state index in [9.17, 15) is 9.59 Å². The Balaban J connectivity index is 2.08. The Hall–Kier alpha value is -2.16. The minimum absolute atomic E-state index is 0.194. The maximum Gasteiger partial charge on any atom is 0.373 e. The molecule has 1 heterocycles. The number of nitrogens with one attached hydrogen (secondary N) is 1. The van der Waals surface area contributed by atoms with Crippen LogP contribution in [-0.4, -0.2) is 34.7 Å². The third-order valence-corrected chi connectivity index (χ3v) is 4.10. The number of aliphatic carboxylic acids is 1. The maximum absolute atomic E-state index is 11.6. The molecule has 0 saturated carbocycles. The zero-order chi connectivity index (χ0) is 17.7. The second-order valence-electron chi connectivity index (χ2n) is 4.83. The third-order valence-electron chi connectivity index (χ3n) is 2.93. The van der Waals surface area contributed by atoms with Crippen molar-refractivity contribution in [3.63, 3.8) is 0 Å². The smallest absolute Gasteiger partial charge is 0.373 e. The second-order valence-corrected chi connectivity index (χ2v) is 6.55. The summed E-state index contributed by atoms with van der Waals surface area (Å²) in [5, 5.41) is 11.4. The Morgan fingerprint density at radius 1 is 1.38 bits per heavy atom. The van der Waals surface area contributed by atoms with Crippen molar-refractivity contribution in [1.29, 1.82) is 0 Å². The van der Waals surface area contributed by atoms with E-state index in [-0.39, 0.29) is 5.91 Å². The highest BCUT2D eigenvalue weighted by atomic mass is 32.2. The highest BCUT2D eigenvalue weighted by molar-refractivity contribution is 8.26. The van der Waals surface area contributed by atoms with Gasteiger partial charge in [0, 0.05) is 7.11 Å². The Bertz CT molecular complexity index is 724.